The summed E-state index contributed by atoms with van der Waals surface area (Å²) in [5.41, 5.74) is 4.28. The molecule has 0 spiro atoms. The van der Waals surface area contributed by atoms with Gasteiger partial charge in [0.2, 0.25) is 0 Å². The van der Waals surface area contributed by atoms with Crippen LogP contribution >= 0.6 is 0 Å². The second-order valence-electron chi connectivity index (χ2n) is 5.47. The monoisotopic (exact) mass is 232 g/mol. The predicted octanol–water partition coefficient (Wildman–Crippen LogP) is 2.31. The maximum atomic E-state index is 3.53. The molecule has 17 heavy (non-hydrogen) atoms. The second kappa shape index (κ2) is 5.19. The maximum absolute atomic E-state index is 3.53. The summed E-state index contributed by atoms with van der Waals surface area (Å²) in [6.07, 6.45) is 1.24. The van der Waals surface area contributed by atoms with Gasteiger partial charge in [0.15, 0.2) is 0 Å². The van der Waals surface area contributed by atoms with Gasteiger partial charge in [-0.2, -0.15) is 0 Å². The molecular formula is C15H24N2. The van der Waals surface area contributed by atoms with Crippen LogP contribution in [0.25, 0.3) is 0 Å². The fourth-order valence-electron chi connectivity index (χ4n) is 2.80. The number of benzene rings is 1. The van der Waals surface area contributed by atoms with Crippen LogP contribution in [0.4, 0.5) is 0 Å². The summed E-state index contributed by atoms with van der Waals surface area (Å²) in [5, 5.41) is 3.53. The minimum Gasteiger partial charge on any atom is -0.316 e. The quantitative estimate of drug-likeness (QED) is 0.842. The SMILES string of the molecule is Cc1ccc(C2CNCCC2N(C)C)cc1C. The minimum absolute atomic E-state index is 0.623. The van der Waals surface area contributed by atoms with E-state index in [1.54, 1.807) is 0 Å². The zero-order chi connectivity index (χ0) is 12.4. The highest BCUT2D eigenvalue weighted by Gasteiger charge is 2.27. The van der Waals surface area contributed by atoms with E-state index in [2.05, 4.69) is 56.4 Å². The first-order valence-corrected chi connectivity index (χ1v) is 6.54. The summed E-state index contributed by atoms with van der Waals surface area (Å²) < 4.78 is 0. The summed E-state index contributed by atoms with van der Waals surface area (Å²) >= 11 is 0. The third-order valence-electron chi connectivity index (χ3n) is 4.07. The van der Waals surface area contributed by atoms with Gasteiger partial charge in [0.1, 0.15) is 0 Å². The molecule has 2 rings (SSSR count). The average Bonchev–Trinajstić information content (AvgIpc) is 2.32. The average molecular weight is 232 g/mol. The van der Waals surface area contributed by atoms with Gasteiger partial charge in [-0.25, -0.2) is 0 Å². The Morgan fingerprint density at radius 2 is 1.94 bits per heavy atom. The normalized spacial score (nSPS) is 25.2. The third-order valence-corrected chi connectivity index (χ3v) is 4.07. The van der Waals surface area contributed by atoms with Crippen LogP contribution < -0.4 is 5.32 Å². The van der Waals surface area contributed by atoms with Crippen LogP contribution in [0.15, 0.2) is 18.2 Å². The molecule has 0 radical (unpaired) electrons. The number of hydrogen-bond donors (Lipinski definition) is 1. The van der Waals surface area contributed by atoms with E-state index in [9.17, 15) is 0 Å². The van der Waals surface area contributed by atoms with E-state index in [-0.39, 0.29) is 0 Å². The van der Waals surface area contributed by atoms with Gasteiger partial charge in [-0.05, 0) is 57.6 Å². The number of nitrogens with zero attached hydrogens (tertiary/aromatic N) is 1. The molecule has 0 aliphatic carbocycles. The standard InChI is InChI=1S/C15H24N2/c1-11-5-6-13(9-12(11)2)14-10-16-8-7-15(14)17(3)4/h5-6,9,14-16H,7-8,10H2,1-4H3. The van der Waals surface area contributed by atoms with Crippen LogP contribution in [-0.4, -0.2) is 38.1 Å². The van der Waals surface area contributed by atoms with E-state index in [1.165, 1.54) is 23.1 Å². The second-order valence-corrected chi connectivity index (χ2v) is 5.47. The van der Waals surface area contributed by atoms with Crippen molar-refractivity contribution in [2.75, 3.05) is 27.2 Å². The minimum atomic E-state index is 0.623. The Balaban J connectivity index is 2.26. The molecule has 1 aromatic rings. The number of rotatable bonds is 2. The largest absolute Gasteiger partial charge is 0.316 e. The van der Waals surface area contributed by atoms with Gasteiger partial charge in [-0.3, -0.25) is 0 Å². The van der Waals surface area contributed by atoms with Crippen molar-refractivity contribution in [1.29, 1.82) is 0 Å². The third kappa shape index (κ3) is 2.70. The Bertz CT molecular complexity index is 385. The molecule has 94 valence electrons. The van der Waals surface area contributed by atoms with E-state index in [4.69, 9.17) is 0 Å². The summed E-state index contributed by atoms with van der Waals surface area (Å²) in [4.78, 5) is 2.38. The van der Waals surface area contributed by atoms with Gasteiger partial charge >= 0.3 is 0 Å². The first-order valence-electron chi connectivity index (χ1n) is 6.54. The summed E-state index contributed by atoms with van der Waals surface area (Å²) in [7, 11) is 4.40. The van der Waals surface area contributed by atoms with Gasteiger partial charge in [-0.15, -0.1) is 0 Å². The van der Waals surface area contributed by atoms with Gasteiger partial charge < -0.3 is 10.2 Å². The Morgan fingerprint density at radius 1 is 1.18 bits per heavy atom. The molecule has 1 fully saturated rings. The van der Waals surface area contributed by atoms with E-state index in [1.807, 2.05) is 0 Å². The molecule has 0 saturated carbocycles. The van der Waals surface area contributed by atoms with Crippen molar-refractivity contribution in [2.45, 2.75) is 32.2 Å². The molecule has 0 aromatic heterocycles. The van der Waals surface area contributed by atoms with Gasteiger partial charge in [0.05, 0.1) is 0 Å². The predicted molar refractivity (Wildman–Crippen MR) is 73.6 cm³/mol. The van der Waals surface area contributed by atoms with Crippen molar-refractivity contribution in [3.63, 3.8) is 0 Å². The fraction of sp³-hybridized carbons (Fsp3) is 0.600. The van der Waals surface area contributed by atoms with Crippen molar-refractivity contribution in [2.24, 2.45) is 0 Å². The summed E-state index contributed by atoms with van der Waals surface area (Å²) in [6.45, 7) is 6.64. The first kappa shape index (κ1) is 12.6. The zero-order valence-electron chi connectivity index (χ0n) is 11.5. The van der Waals surface area contributed by atoms with Crippen LogP contribution in [0.3, 0.4) is 0 Å². The molecule has 2 nitrogen and oxygen atoms in total. The van der Waals surface area contributed by atoms with Crippen molar-refractivity contribution in [3.8, 4) is 0 Å². The maximum Gasteiger partial charge on any atom is 0.0182 e. The molecule has 2 unspecified atom stereocenters. The van der Waals surface area contributed by atoms with Crippen LogP contribution in [0, 0.1) is 13.8 Å². The molecule has 0 amide bonds. The van der Waals surface area contributed by atoms with Crippen LogP contribution in [-0.2, 0) is 0 Å². The highest BCUT2D eigenvalue weighted by molar-refractivity contribution is 5.33. The number of aryl methyl sites for hydroxylation is 2. The lowest BCUT2D eigenvalue weighted by Gasteiger charge is -2.37. The molecule has 1 N–H and O–H groups in total. The van der Waals surface area contributed by atoms with Gasteiger partial charge in [0, 0.05) is 18.5 Å². The molecule has 1 saturated heterocycles. The fourth-order valence-corrected chi connectivity index (χ4v) is 2.80. The summed E-state index contributed by atoms with van der Waals surface area (Å²) in [6, 6.07) is 7.59. The lowest BCUT2D eigenvalue weighted by molar-refractivity contribution is 0.209. The van der Waals surface area contributed by atoms with E-state index >= 15 is 0 Å². The van der Waals surface area contributed by atoms with Crippen LogP contribution in [0.1, 0.15) is 29.0 Å². The number of hydrogen-bond acceptors (Lipinski definition) is 2. The Hall–Kier alpha value is -0.860. The summed E-state index contributed by atoms with van der Waals surface area (Å²) in [5.74, 6) is 0.623. The zero-order valence-corrected chi connectivity index (χ0v) is 11.5. The van der Waals surface area contributed by atoms with Crippen molar-refractivity contribution < 1.29 is 0 Å². The highest BCUT2D eigenvalue weighted by Crippen LogP contribution is 2.27. The van der Waals surface area contributed by atoms with E-state index < -0.39 is 0 Å². The number of piperidine rings is 1. The van der Waals surface area contributed by atoms with Crippen molar-refractivity contribution in [3.05, 3.63) is 34.9 Å². The van der Waals surface area contributed by atoms with Gasteiger partial charge in [-0.1, -0.05) is 18.2 Å². The molecule has 1 heterocycles. The molecule has 1 aliphatic rings. The topological polar surface area (TPSA) is 15.3 Å². The smallest absolute Gasteiger partial charge is 0.0182 e. The number of likely N-dealkylation sites (N-methyl/N-ethyl adjacent to an activating group) is 1. The Morgan fingerprint density at radius 3 is 2.59 bits per heavy atom. The molecule has 2 atom stereocenters. The lowest BCUT2D eigenvalue weighted by atomic mass is 9.85. The first-order chi connectivity index (χ1) is 8.09. The van der Waals surface area contributed by atoms with Crippen LogP contribution in [0.5, 0.6) is 0 Å². The van der Waals surface area contributed by atoms with E-state index in [0.29, 0.717) is 12.0 Å². The molecule has 2 heteroatoms. The van der Waals surface area contributed by atoms with Crippen molar-refractivity contribution >= 4 is 0 Å². The Labute approximate surface area is 105 Å². The lowest BCUT2D eigenvalue weighted by Crippen LogP contribution is -2.45. The molecular weight excluding hydrogens is 208 g/mol. The van der Waals surface area contributed by atoms with E-state index in [0.717, 1.165) is 13.1 Å². The molecule has 1 aromatic carbocycles. The molecule has 0 bridgehead atoms. The Kier molecular flexibility index (Phi) is 3.85. The molecule has 1 aliphatic heterocycles. The highest BCUT2D eigenvalue weighted by atomic mass is 15.1. The van der Waals surface area contributed by atoms with Crippen LogP contribution in [0.2, 0.25) is 0 Å². The van der Waals surface area contributed by atoms with Gasteiger partial charge in [0.25, 0.3) is 0 Å². The number of nitrogens with one attached hydrogen (secondary N) is 1. The van der Waals surface area contributed by atoms with Crippen molar-refractivity contribution in [1.82, 2.24) is 10.2 Å².